The second kappa shape index (κ2) is 13.5. The summed E-state index contributed by atoms with van der Waals surface area (Å²) < 4.78 is 4.31. The van der Waals surface area contributed by atoms with Crippen LogP contribution in [0.4, 0.5) is 0 Å². The molecule has 0 spiro atoms. The molecule has 0 aliphatic heterocycles. The van der Waals surface area contributed by atoms with Crippen LogP contribution in [-0.2, 0) is 14.3 Å². The highest BCUT2D eigenvalue weighted by atomic mass is 16.5. The molecule has 0 aromatic rings. The number of allylic oxidation sites excluding steroid dienone is 4. The Morgan fingerprint density at radius 1 is 1.15 bits per heavy atom. The molecule has 0 saturated heterocycles. The maximum Gasteiger partial charge on any atom is 0.374 e. The minimum Gasteiger partial charge on any atom is -0.460 e. The van der Waals surface area contributed by atoms with Gasteiger partial charge in [-0.2, -0.15) is 5.26 Å². The van der Waals surface area contributed by atoms with Crippen LogP contribution < -0.4 is 0 Å². The first kappa shape index (κ1) is 20.4. The molecule has 0 bridgehead atoms. The van der Waals surface area contributed by atoms with Crippen molar-refractivity contribution >= 4 is 11.8 Å². The van der Waals surface area contributed by atoms with Gasteiger partial charge in [0.1, 0.15) is 0 Å². The minimum atomic E-state index is -0.757. The molecule has 0 N–H and O–H groups in total. The summed E-state index contributed by atoms with van der Waals surface area (Å²) in [6.07, 6.45) is 7.05. The topological polar surface area (TPSA) is 67.2 Å². The molecule has 0 fully saturated rings. The maximum atomic E-state index is 10.2. The molecule has 4 nitrogen and oxygen atoms in total. The zero-order valence-corrected chi connectivity index (χ0v) is 13.2. The van der Waals surface area contributed by atoms with Gasteiger partial charge in [0, 0.05) is 13.0 Å². The Morgan fingerprint density at radius 3 is 2.10 bits per heavy atom. The average molecular weight is 279 g/mol. The zero-order chi connectivity index (χ0) is 16.0. The number of rotatable bonds is 6. The van der Waals surface area contributed by atoms with Gasteiger partial charge < -0.3 is 4.74 Å². The van der Waals surface area contributed by atoms with Crippen LogP contribution in [0.3, 0.4) is 0 Å². The van der Waals surface area contributed by atoms with Crippen molar-refractivity contribution in [1.29, 1.82) is 5.26 Å². The average Bonchev–Trinajstić information content (AvgIpc) is 2.39. The van der Waals surface area contributed by atoms with Crippen LogP contribution in [0.2, 0.25) is 0 Å². The third-order valence-electron chi connectivity index (χ3n) is 2.46. The summed E-state index contributed by atoms with van der Waals surface area (Å²) in [6.45, 7) is 9.39. The standard InChI is InChI=1S/C11H17N.C5H8O3/c1-4-10(2)6-5-7-11(3)8-9-12;1-3-8-5(7)4(2)6/h6,8H,4-5,7H2,1-3H3;3H2,1-2H3. The molecule has 0 amide bonds. The van der Waals surface area contributed by atoms with E-state index in [0.717, 1.165) is 24.8 Å². The molecule has 0 aliphatic rings. The molecule has 0 atom stereocenters. The molecule has 4 heteroatoms. The summed E-state index contributed by atoms with van der Waals surface area (Å²) in [4.78, 5) is 20.2. The van der Waals surface area contributed by atoms with Gasteiger partial charge in [0.2, 0.25) is 5.78 Å². The van der Waals surface area contributed by atoms with E-state index in [1.54, 1.807) is 13.0 Å². The quantitative estimate of drug-likeness (QED) is 0.321. The first-order valence-corrected chi connectivity index (χ1v) is 6.77. The fourth-order valence-corrected chi connectivity index (χ4v) is 1.11. The molecule has 0 unspecified atom stereocenters. The van der Waals surface area contributed by atoms with Gasteiger partial charge in [-0.05, 0) is 40.0 Å². The minimum absolute atomic E-state index is 0.262. The Labute approximate surface area is 122 Å². The lowest BCUT2D eigenvalue weighted by atomic mass is 10.1. The van der Waals surface area contributed by atoms with Gasteiger partial charge in [-0.3, -0.25) is 4.79 Å². The summed E-state index contributed by atoms with van der Waals surface area (Å²) in [5, 5.41) is 8.35. The number of Topliss-reactive ketones (excluding diaryl/α,β-unsaturated/α-hetero) is 1. The van der Waals surface area contributed by atoms with E-state index in [-0.39, 0.29) is 6.61 Å². The lowest BCUT2D eigenvalue weighted by molar-refractivity contribution is -0.152. The molecule has 0 aromatic heterocycles. The van der Waals surface area contributed by atoms with Gasteiger partial charge in [0.05, 0.1) is 12.7 Å². The van der Waals surface area contributed by atoms with Gasteiger partial charge >= 0.3 is 5.97 Å². The summed E-state index contributed by atoms with van der Waals surface area (Å²) in [6, 6.07) is 2.04. The van der Waals surface area contributed by atoms with Crippen molar-refractivity contribution in [2.24, 2.45) is 0 Å². The van der Waals surface area contributed by atoms with Crippen LogP contribution >= 0.6 is 0 Å². The number of nitriles is 1. The Bertz CT molecular complexity index is 400. The Kier molecular flexibility index (Phi) is 13.8. The van der Waals surface area contributed by atoms with Crippen molar-refractivity contribution in [1.82, 2.24) is 0 Å². The highest BCUT2D eigenvalue weighted by Crippen LogP contribution is 2.07. The third kappa shape index (κ3) is 14.2. The summed E-state index contributed by atoms with van der Waals surface area (Å²) in [5.41, 5.74) is 2.59. The number of hydrogen-bond donors (Lipinski definition) is 0. The van der Waals surface area contributed by atoms with E-state index in [0.29, 0.717) is 0 Å². The van der Waals surface area contributed by atoms with E-state index < -0.39 is 11.8 Å². The predicted molar refractivity (Wildman–Crippen MR) is 80.0 cm³/mol. The van der Waals surface area contributed by atoms with Crippen molar-refractivity contribution in [3.05, 3.63) is 23.3 Å². The van der Waals surface area contributed by atoms with Gasteiger partial charge in [0.15, 0.2) is 0 Å². The number of esters is 1. The number of ketones is 1. The number of ether oxygens (including phenoxy) is 1. The molecule has 112 valence electrons. The fraction of sp³-hybridized carbons (Fsp3) is 0.562. The van der Waals surface area contributed by atoms with E-state index in [2.05, 4.69) is 24.7 Å². The van der Waals surface area contributed by atoms with Crippen LogP contribution in [0.15, 0.2) is 23.3 Å². The van der Waals surface area contributed by atoms with Crippen molar-refractivity contribution in [3.63, 3.8) is 0 Å². The van der Waals surface area contributed by atoms with E-state index in [1.807, 2.05) is 13.0 Å². The van der Waals surface area contributed by atoms with Crippen LogP contribution in [0.5, 0.6) is 0 Å². The predicted octanol–water partition coefficient (Wildman–Crippen LogP) is 3.73. The fourth-order valence-electron chi connectivity index (χ4n) is 1.11. The highest BCUT2D eigenvalue weighted by Gasteiger charge is 2.05. The molecule has 0 aromatic carbocycles. The first-order chi connectivity index (χ1) is 9.38. The van der Waals surface area contributed by atoms with Crippen LogP contribution in [0.1, 0.15) is 53.9 Å². The van der Waals surface area contributed by atoms with Gasteiger partial charge in [-0.25, -0.2) is 4.79 Å². The highest BCUT2D eigenvalue weighted by molar-refractivity contribution is 6.32. The molecular formula is C16H25NO3. The van der Waals surface area contributed by atoms with Gasteiger partial charge in [0.25, 0.3) is 0 Å². The molecular weight excluding hydrogens is 254 g/mol. The van der Waals surface area contributed by atoms with Crippen molar-refractivity contribution < 1.29 is 14.3 Å². The van der Waals surface area contributed by atoms with Crippen LogP contribution in [0, 0.1) is 11.3 Å². The van der Waals surface area contributed by atoms with E-state index in [1.165, 1.54) is 12.5 Å². The molecule has 0 radical (unpaired) electrons. The summed E-state index contributed by atoms with van der Waals surface area (Å²) >= 11 is 0. The molecule has 0 rings (SSSR count). The lowest BCUT2D eigenvalue weighted by Gasteiger charge is -1.96. The second-order valence-corrected chi connectivity index (χ2v) is 4.34. The molecule has 0 heterocycles. The monoisotopic (exact) mass is 279 g/mol. The number of carbonyl (C=O) groups excluding carboxylic acids is 2. The smallest absolute Gasteiger partial charge is 0.374 e. The lowest BCUT2D eigenvalue weighted by Crippen LogP contribution is -2.12. The Hall–Kier alpha value is -1.89. The SMILES string of the molecule is CCC(C)=CCCC(C)=CC#N.CCOC(=O)C(C)=O. The second-order valence-electron chi connectivity index (χ2n) is 4.34. The Balaban J connectivity index is 0. The normalized spacial score (nSPS) is 11.0. The van der Waals surface area contributed by atoms with Crippen molar-refractivity contribution in [3.8, 4) is 6.07 Å². The summed E-state index contributed by atoms with van der Waals surface area (Å²) in [7, 11) is 0. The molecule has 0 saturated carbocycles. The van der Waals surface area contributed by atoms with Crippen LogP contribution in [-0.4, -0.2) is 18.4 Å². The maximum absolute atomic E-state index is 10.2. The molecule has 20 heavy (non-hydrogen) atoms. The van der Waals surface area contributed by atoms with E-state index in [9.17, 15) is 9.59 Å². The zero-order valence-electron chi connectivity index (χ0n) is 13.2. The molecule has 0 aliphatic carbocycles. The number of hydrogen-bond acceptors (Lipinski definition) is 4. The van der Waals surface area contributed by atoms with Crippen LogP contribution in [0.25, 0.3) is 0 Å². The van der Waals surface area contributed by atoms with E-state index >= 15 is 0 Å². The summed E-state index contributed by atoms with van der Waals surface area (Å²) in [5.74, 6) is -1.31. The third-order valence-corrected chi connectivity index (χ3v) is 2.46. The van der Waals surface area contributed by atoms with Crippen molar-refractivity contribution in [2.75, 3.05) is 6.61 Å². The number of nitrogens with zero attached hydrogens (tertiary/aromatic N) is 1. The van der Waals surface area contributed by atoms with Gasteiger partial charge in [-0.15, -0.1) is 0 Å². The number of carbonyl (C=O) groups is 2. The first-order valence-electron chi connectivity index (χ1n) is 6.77. The van der Waals surface area contributed by atoms with Gasteiger partial charge in [-0.1, -0.05) is 24.1 Å². The Morgan fingerprint density at radius 2 is 1.75 bits per heavy atom. The largest absolute Gasteiger partial charge is 0.460 e. The van der Waals surface area contributed by atoms with Crippen molar-refractivity contribution in [2.45, 2.75) is 53.9 Å². The van der Waals surface area contributed by atoms with E-state index in [4.69, 9.17) is 5.26 Å².